The Kier molecular flexibility index (Phi) is 5.02. The van der Waals surface area contributed by atoms with Crippen LogP contribution in [0.15, 0.2) is 53.9 Å². The number of halogens is 1. The molecule has 0 spiro atoms. The maximum absolute atomic E-state index is 13.1. The zero-order valence-corrected chi connectivity index (χ0v) is 16.4. The standard InChI is InChI=1S/C22H19FN4O3/c1-12-19-20(17(10-24)21(25)30-22(19)27-26-12)13-3-8-18(28-2)14(9-13)11-29-16-6-4-15(23)5-7-16/h3-9,20H,11,25H2,1-2H3,(H,26,27)/t20-/m0/s1. The number of aromatic amines is 1. The second-order valence-corrected chi connectivity index (χ2v) is 6.81. The van der Waals surface area contributed by atoms with Gasteiger partial charge in [0.2, 0.25) is 11.8 Å². The van der Waals surface area contributed by atoms with Crippen molar-refractivity contribution < 1.29 is 18.6 Å². The zero-order valence-electron chi connectivity index (χ0n) is 16.4. The van der Waals surface area contributed by atoms with Crippen molar-refractivity contribution in [3.05, 3.63) is 82.1 Å². The number of aromatic nitrogens is 2. The topological polar surface area (TPSA) is 106 Å². The molecule has 0 saturated heterocycles. The van der Waals surface area contributed by atoms with Crippen LogP contribution in [0.4, 0.5) is 4.39 Å². The minimum atomic E-state index is -0.437. The lowest BCUT2D eigenvalue weighted by molar-refractivity contribution is 0.296. The van der Waals surface area contributed by atoms with Gasteiger partial charge in [-0.15, -0.1) is 5.10 Å². The Morgan fingerprint density at radius 3 is 2.73 bits per heavy atom. The molecule has 3 aromatic rings. The van der Waals surface area contributed by atoms with Gasteiger partial charge in [0.1, 0.15) is 35.6 Å². The van der Waals surface area contributed by atoms with Gasteiger partial charge in [-0.3, -0.25) is 5.10 Å². The van der Waals surface area contributed by atoms with Crippen LogP contribution in [0.1, 0.15) is 28.3 Å². The number of nitrogens with zero attached hydrogens (tertiary/aromatic N) is 2. The molecular weight excluding hydrogens is 387 g/mol. The number of hydrogen-bond acceptors (Lipinski definition) is 6. The van der Waals surface area contributed by atoms with Crippen LogP contribution in [0.5, 0.6) is 17.4 Å². The van der Waals surface area contributed by atoms with E-state index in [2.05, 4.69) is 16.3 Å². The fourth-order valence-corrected chi connectivity index (χ4v) is 3.51. The molecule has 0 aliphatic carbocycles. The third kappa shape index (κ3) is 3.42. The Bertz CT molecular complexity index is 1160. The molecule has 0 unspecified atom stereocenters. The average molecular weight is 406 g/mol. The average Bonchev–Trinajstić information content (AvgIpc) is 3.12. The molecule has 4 rings (SSSR count). The van der Waals surface area contributed by atoms with Crippen LogP contribution in [0.2, 0.25) is 0 Å². The zero-order chi connectivity index (χ0) is 21.3. The quantitative estimate of drug-likeness (QED) is 0.670. The SMILES string of the molecule is COc1ccc([C@H]2C(C#N)=C(N)Oc3n[nH]c(C)c32)cc1COc1ccc(F)cc1. The Hall–Kier alpha value is -3.99. The summed E-state index contributed by atoms with van der Waals surface area (Å²) in [6.45, 7) is 2.06. The molecule has 8 heteroatoms. The molecule has 1 aliphatic rings. The fourth-order valence-electron chi connectivity index (χ4n) is 3.51. The minimum Gasteiger partial charge on any atom is -0.496 e. The van der Waals surface area contributed by atoms with E-state index in [1.807, 2.05) is 25.1 Å². The van der Waals surface area contributed by atoms with E-state index in [9.17, 15) is 9.65 Å². The predicted molar refractivity (Wildman–Crippen MR) is 106 cm³/mol. The van der Waals surface area contributed by atoms with Gasteiger partial charge in [-0.1, -0.05) is 6.07 Å². The Morgan fingerprint density at radius 2 is 2.03 bits per heavy atom. The number of rotatable bonds is 5. The second kappa shape index (κ2) is 7.79. The van der Waals surface area contributed by atoms with Gasteiger partial charge in [-0.2, -0.15) is 5.26 Å². The molecule has 2 heterocycles. The summed E-state index contributed by atoms with van der Waals surface area (Å²) in [5.41, 5.74) is 9.43. The van der Waals surface area contributed by atoms with Crippen molar-refractivity contribution in [2.24, 2.45) is 5.73 Å². The molecule has 3 N–H and O–H groups in total. The number of ether oxygens (including phenoxy) is 3. The van der Waals surface area contributed by atoms with Crippen molar-refractivity contribution in [1.82, 2.24) is 10.2 Å². The van der Waals surface area contributed by atoms with Gasteiger partial charge in [-0.25, -0.2) is 4.39 Å². The van der Waals surface area contributed by atoms with Crippen molar-refractivity contribution in [1.29, 1.82) is 5.26 Å². The van der Waals surface area contributed by atoms with E-state index in [0.717, 1.165) is 22.4 Å². The van der Waals surface area contributed by atoms with Crippen LogP contribution in [0.3, 0.4) is 0 Å². The van der Waals surface area contributed by atoms with Crippen LogP contribution in [0, 0.1) is 24.1 Å². The fraction of sp³-hybridized carbons (Fsp3) is 0.182. The number of allylic oxidation sites excluding steroid dienone is 1. The van der Waals surface area contributed by atoms with Gasteiger partial charge in [0.05, 0.1) is 13.0 Å². The van der Waals surface area contributed by atoms with E-state index < -0.39 is 5.92 Å². The number of nitriles is 1. The van der Waals surface area contributed by atoms with Crippen molar-refractivity contribution in [3.8, 4) is 23.4 Å². The van der Waals surface area contributed by atoms with Gasteiger partial charge in [0.25, 0.3) is 0 Å². The van der Waals surface area contributed by atoms with E-state index >= 15 is 0 Å². The van der Waals surface area contributed by atoms with Crippen LogP contribution in [-0.4, -0.2) is 17.3 Å². The number of H-pyrrole nitrogens is 1. The van der Waals surface area contributed by atoms with Crippen molar-refractivity contribution in [3.63, 3.8) is 0 Å². The molecule has 0 fully saturated rings. The van der Waals surface area contributed by atoms with Gasteiger partial charge >= 0.3 is 0 Å². The monoisotopic (exact) mass is 406 g/mol. The first kappa shape index (κ1) is 19.3. The molecule has 1 aliphatic heterocycles. The molecule has 1 atom stereocenters. The summed E-state index contributed by atoms with van der Waals surface area (Å²) in [5, 5.41) is 16.7. The summed E-state index contributed by atoms with van der Waals surface area (Å²) in [4.78, 5) is 0. The number of nitrogens with one attached hydrogen (secondary N) is 1. The van der Waals surface area contributed by atoms with E-state index in [0.29, 0.717) is 23.0 Å². The molecule has 1 aromatic heterocycles. The maximum atomic E-state index is 13.1. The van der Waals surface area contributed by atoms with Crippen molar-refractivity contribution in [2.75, 3.05) is 7.11 Å². The smallest absolute Gasteiger partial charge is 0.244 e. The highest BCUT2D eigenvalue weighted by molar-refractivity contribution is 5.56. The molecule has 152 valence electrons. The first-order valence-electron chi connectivity index (χ1n) is 9.19. The summed E-state index contributed by atoms with van der Waals surface area (Å²) in [6, 6.07) is 13.5. The highest BCUT2D eigenvalue weighted by Gasteiger charge is 2.34. The highest BCUT2D eigenvalue weighted by atomic mass is 19.1. The summed E-state index contributed by atoms with van der Waals surface area (Å²) >= 11 is 0. The van der Waals surface area contributed by atoms with Gasteiger partial charge in [-0.05, 0) is 48.9 Å². The van der Waals surface area contributed by atoms with Crippen molar-refractivity contribution in [2.45, 2.75) is 19.4 Å². The third-order valence-corrected chi connectivity index (χ3v) is 4.98. The van der Waals surface area contributed by atoms with E-state index in [-0.39, 0.29) is 18.3 Å². The van der Waals surface area contributed by atoms with Gasteiger partial charge in [0, 0.05) is 16.8 Å². The summed E-state index contributed by atoms with van der Waals surface area (Å²) in [7, 11) is 1.57. The van der Waals surface area contributed by atoms with E-state index in [4.69, 9.17) is 19.9 Å². The normalized spacial score (nSPS) is 15.2. The van der Waals surface area contributed by atoms with Crippen LogP contribution < -0.4 is 19.9 Å². The first-order valence-corrected chi connectivity index (χ1v) is 9.19. The number of nitrogens with two attached hydrogens (primary N) is 1. The van der Waals surface area contributed by atoms with E-state index in [1.165, 1.54) is 12.1 Å². The molecule has 0 radical (unpaired) electrons. The summed E-state index contributed by atoms with van der Waals surface area (Å²) in [5.74, 6) is 0.779. The van der Waals surface area contributed by atoms with Crippen LogP contribution in [-0.2, 0) is 6.61 Å². The molecule has 0 saturated carbocycles. The number of benzene rings is 2. The van der Waals surface area contributed by atoms with Gasteiger partial charge < -0.3 is 19.9 Å². The predicted octanol–water partition coefficient (Wildman–Crippen LogP) is 3.66. The largest absolute Gasteiger partial charge is 0.496 e. The summed E-state index contributed by atoms with van der Waals surface area (Å²) in [6.07, 6.45) is 0. The lowest BCUT2D eigenvalue weighted by atomic mass is 9.83. The second-order valence-electron chi connectivity index (χ2n) is 6.81. The minimum absolute atomic E-state index is 0.0291. The van der Waals surface area contributed by atoms with Crippen LogP contribution in [0.25, 0.3) is 0 Å². The van der Waals surface area contributed by atoms with E-state index in [1.54, 1.807) is 19.2 Å². The molecule has 30 heavy (non-hydrogen) atoms. The maximum Gasteiger partial charge on any atom is 0.244 e. The molecule has 0 bridgehead atoms. The lowest BCUT2D eigenvalue weighted by Crippen LogP contribution is -2.21. The molecule has 7 nitrogen and oxygen atoms in total. The third-order valence-electron chi connectivity index (χ3n) is 4.98. The number of aryl methyl sites for hydroxylation is 1. The molecular formula is C22H19FN4O3. The summed E-state index contributed by atoms with van der Waals surface area (Å²) < 4.78 is 29.9. The first-order chi connectivity index (χ1) is 14.5. The Labute approximate surface area is 172 Å². The number of methoxy groups -OCH3 is 1. The Morgan fingerprint density at radius 1 is 1.27 bits per heavy atom. The molecule has 2 aromatic carbocycles. The number of fused-ring (bicyclic) bond motifs is 1. The lowest BCUT2D eigenvalue weighted by Gasteiger charge is -2.24. The molecule has 0 amide bonds. The van der Waals surface area contributed by atoms with Crippen LogP contribution >= 0.6 is 0 Å². The van der Waals surface area contributed by atoms with Gasteiger partial charge in [0.15, 0.2) is 0 Å². The number of hydrogen-bond donors (Lipinski definition) is 2. The van der Waals surface area contributed by atoms with Crippen molar-refractivity contribution >= 4 is 0 Å². The highest BCUT2D eigenvalue weighted by Crippen LogP contribution is 2.43. The Balaban J connectivity index is 1.72.